The maximum atomic E-state index is 12.1. The lowest BCUT2D eigenvalue weighted by Crippen LogP contribution is -2.23. The summed E-state index contributed by atoms with van der Waals surface area (Å²) < 4.78 is 27.1. The Balaban J connectivity index is 4.36. The molecule has 0 aromatic carbocycles. The van der Waals surface area contributed by atoms with Crippen LogP contribution < -0.4 is 0 Å². The van der Waals surface area contributed by atoms with Crippen molar-refractivity contribution in [3.63, 3.8) is 0 Å². The summed E-state index contributed by atoms with van der Waals surface area (Å²) in [4.78, 5) is 11.1. The molecule has 6 nitrogen and oxygen atoms in total. The topological polar surface area (TPSA) is 82.1 Å². The molecule has 0 fully saturated rings. The van der Waals surface area contributed by atoms with Gasteiger partial charge in [0.15, 0.2) is 6.10 Å². The first-order valence-corrected chi connectivity index (χ1v) is 8.75. The Hall–Kier alpha value is -0.420. The summed E-state index contributed by atoms with van der Waals surface area (Å²) in [6.07, 6.45) is 4.14. The second-order valence-corrected chi connectivity index (χ2v) is 6.04. The number of hydrogen-bond acceptors (Lipinski definition) is 5. The van der Waals surface area contributed by atoms with Gasteiger partial charge in [0, 0.05) is 0 Å². The standard InChI is InChI=1S/C13H27O6P/c1-4-7-8-9-10-11-12(13(14)15)19-20(16,17-5-2)18-6-3/h12H,4-11H2,1-3H3,(H,14,15). The van der Waals surface area contributed by atoms with Gasteiger partial charge in [-0.15, -0.1) is 0 Å². The summed E-state index contributed by atoms with van der Waals surface area (Å²) in [7, 11) is -3.77. The van der Waals surface area contributed by atoms with Crippen molar-refractivity contribution in [3.8, 4) is 0 Å². The van der Waals surface area contributed by atoms with Gasteiger partial charge in [-0.3, -0.25) is 13.6 Å². The van der Waals surface area contributed by atoms with E-state index in [1.807, 2.05) is 0 Å². The first kappa shape index (κ1) is 19.6. The smallest absolute Gasteiger partial charge is 0.475 e. The van der Waals surface area contributed by atoms with Gasteiger partial charge in [-0.05, 0) is 20.3 Å². The highest BCUT2D eigenvalue weighted by Crippen LogP contribution is 2.50. The summed E-state index contributed by atoms with van der Waals surface area (Å²) in [6.45, 7) is 5.69. The summed E-state index contributed by atoms with van der Waals surface area (Å²) in [5.74, 6) is -1.14. The van der Waals surface area contributed by atoms with E-state index in [1.165, 1.54) is 0 Å². The van der Waals surface area contributed by atoms with Gasteiger partial charge in [0.05, 0.1) is 13.2 Å². The highest BCUT2D eigenvalue weighted by atomic mass is 31.2. The molecule has 0 aliphatic rings. The van der Waals surface area contributed by atoms with Crippen molar-refractivity contribution in [1.82, 2.24) is 0 Å². The SMILES string of the molecule is CCCCCCCC(OP(=O)(OCC)OCC)C(=O)O. The van der Waals surface area contributed by atoms with Crippen molar-refractivity contribution in [3.05, 3.63) is 0 Å². The molecule has 7 heteroatoms. The van der Waals surface area contributed by atoms with E-state index in [0.29, 0.717) is 6.42 Å². The molecule has 0 heterocycles. The van der Waals surface area contributed by atoms with Gasteiger partial charge in [0.1, 0.15) is 0 Å². The molecule has 0 spiro atoms. The van der Waals surface area contributed by atoms with Crippen LogP contribution in [-0.4, -0.2) is 30.4 Å². The lowest BCUT2D eigenvalue weighted by molar-refractivity contribution is -0.146. The van der Waals surface area contributed by atoms with E-state index in [9.17, 15) is 9.36 Å². The van der Waals surface area contributed by atoms with Crippen LogP contribution in [0.2, 0.25) is 0 Å². The van der Waals surface area contributed by atoms with Crippen LogP contribution in [0, 0.1) is 0 Å². The number of carboxylic acid groups (broad SMARTS) is 1. The third kappa shape index (κ3) is 8.69. The lowest BCUT2D eigenvalue weighted by atomic mass is 10.1. The second kappa shape index (κ2) is 11.3. The molecular weight excluding hydrogens is 283 g/mol. The number of hydrogen-bond donors (Lipinski definition) is 1. The largest absolute Gasteiger partial charge is 0.479 e. The van der Waals surface area contributed by atoms with Crippen LogP contribution in [0.4, 0.5) is 0 Å². The third-order valence-corrected chi connectivity index (χ3v) is 4.34. The molecule has 0 amide bonds. The van der Waals surface area contributed by atoms with Gasteiger partial charge in [0.2, 0.25) is 0 Å². The predicted octanol–water partition coefficient (Wildman–Crippen LogP) is 4.00. The van der Waals surface area contributed by atoms with Crippen LogP contribution in [0.3, 0.4) is 0 Å². The highest BCUT2D eigenvalue weighted by Gasteiger charge is 2.33. The van der Waals surface area contributed by atoms with Crippen LogP contribution in [0.1, 0.15) is 59.3 Å². The molecule has 0 rings (SSSR count). The Kier molecular flexibility index (Phi) is 11.0. The summed E-state index contributed by atoms with van der Waals surface area (Å²) in [5, 5.41) is 9.12. The number of rotatable bonds is 13. The molecule has 0 aliphatic heterocycles. The van der Waals surface area contributed by atoms with Gasteiger partial charge in [-0.25, -0.2) is 9.36 Å². The number of aliphatic carboxylic acids is 1. The van der Waals surface area contributed by atoms with Crippen molar-refractivity contribution in [2.24, 2.45) is 0 Å². The zero-order valence-corrected chi connectivity index (χ0v) is 13.6. The molecule has 0 aromatic heterocycles. The summed E-state index contributed by atoms with van der Waals surface area (Å²) in [5.41, 5.74) is 0. The first-order chi connectivity index (χ1) is 9.49. The Labute approximate surface area is 121 Å². The van der Waals surface area contributed by atoms with E-state index in [1.54, 1.807) is 13.8 Å². The normalized spacial score (nSPS) is 13.3. The van der Waals surface area contributed by atoms with E-state index in [0.717, 1.165) is 32.1 Å². The van der Waals surface area contributed by atoms with E-state index in [4.69, 9.17) is 18.7 Å². The molecule has 0 bridgehead atoms. The molecular formula is C13H27O6P. The van der Waals surface area contributed by atoms with Crippen LogP contribution in [0.15, 0.2) is 0 Å². The Morgan fingerprint density at radius 1 is 1.05 bits per heavy atom. The number of unbranched alkanes of at least 4 members (excludes halogenated alkanes) is 4. The van der Waals surface area contributed by atoms with Gasteiger partial charge >= 0.3 is 13.8 Å². The number of carbonyl (C=O) groups is 1. The molecule has 0 aromatic rings. The van der Waals surface area contributed by atoms with E-state index >= 15 is 0 Å². The van der Waals surface area contributed by atoms with Crippen molar-refractivity contribution < 1.29 is 28.0 Å². The van der Waals surface area contributed by atoms with Crippen molar-refractivity contribution in [2.75, 3.05) is 13.2 Å². The molecule has 20 heavy (non-hydrogen) atoms. The van der Waals surface area contributed by atoms with E-state index in [-0.39, 0.29) is 13.2 Å². The molecule has 0 saturated carbocycles. The highest BCUT2D eigenvalue weighted by molar-refractivity contribution is 7.48. The molecule has 0 saturated heterocycles. The Morgan fingerprint density at radius 2 is 1.60 bits per heavy atom. The fraction of sp³-hybridized carbons (Fsp3) is 0.923. The van der Waals surface area contributed by atoms with Crippen molar-refractivity contribution in [2.45, 2.75) is 65.4 Å². The Bertz CT molecular complexity index is 297. The van der Waals surface area contributed by atoms with Crippen LogP contribution in [0.25, 0.3) is 0 Å². The van der Waals surface area contributed by atoms with Gasteiger partial charge < -0.3 is 5.11 Å². The summed E-state index contributed by atoms with van der Waals surface area (Å²) >= 11 is 0. The van der Waals surface area contributed by atoms with Crippen LogP contribution in [0.5, 0.6) is 0 Å². The molecule has 1 unspecified atom stereocenters. The number of carboxylic acids is 1. The van der Waals surface area contributed by atoms with Gasteiger partial charge in [-0.2, -0.15) is 0 Å². The molecule has 0 aliphatic carbocycles. The van der Waals surface area contributed by atoms with Gasteiger partial charge in [-0.1, -0.05) is 39.0 Å². The second-order valence-electron chi connectivity index (χ2n) is 4.42. The molecule has 120 valence electrons. The Morgan fingerprint density at radius 3 is 2.05 bits per heavy atom. The molecule has 1 atom stereocenters. The zero-order chi connectivity index (χ0) is 15.4. The molecule has 0 radical (unpaired) electrons. The zero-order valence-electron chi connectivity index (χ0n) is 12.7. The predicted molar refractivity (Wildman–Crippen MR) is 76.7 cm³/mol. The van der Waals surface area contributed by atoms with Crippen molar-refractivity contribution in [1.29, 1.82) is 0 Å². The number of phosphoric acid groups is 1. The summed E-state index contributed by atoms with van der Waals surface area (Å²) in [6, 6.07) is 0. The van der Waals surface area contributed by atoms with Crippen LogP contribution >= 0.6 is 7.82 Å². The van der Waals surface area contributed by atoms with E-state index < -0.39 is 19.9 Å². The average molecular weight is 310 g/mol. The van der Waals surface area contributed by atoms with Crippen molar-refractivity contribution >= 4 is 13.8 Å². The maximum Gasteiger partial charge on any atom is 0.475 e. The minimum absolute atomic E-state index is 0.139. The fourth-order valence-corrected chi connectivity index (χ4v) is 3.06. The van der Waals surface area contributed by atoms with Gasteiger partial charge in [0.25, 0.3) is 0 Å². The monoisotopic (exact) mass is 310 g/mol. The lowest BCUT2D eigenvalue weighted by Gasteiger charge is -2.20. The van der Waals surface area contributed by atoms with E-state index in [2.05, 4.69) is 6.92 Å². The third-order valence-electron chi connectivity index (χ3n) is 2.68. The minimum Gasteiger partial charge on any atom is -0.479 e. The van der Waals surface area contributed by atoms with Crippen LogP contribution in [-0.2, 0) is 22.9 Å². The average Bonchev–Trinajstić information content (AvgIpc) is 2.37. The first-order valence-electron chi connectivity index (χ1n) is 7.29. The fourth-order valence-electron chi connectivity index (χ4n) is 1.72. The quantitative estimate of drug-likeness (QED) is 0.409. The molecule has 1 N–H and O–H groups in total. The minimum atomic E-state index is -3.77. The maximum absolute atomic E-state index is 12.1. The number of phosphoric ester groups is 1.